The van der Waals surface area contributed by atoms with E-state index in [4.69, 9.17) is 0 Å². The van der Waals surface area contributed by atoms with E-state index in [1.54, 1.807) is 11.8 Å². The van der Waals surface area contributed by atoms with Crippen molar-refractivity contribution >= 4 is 11.8 Å². The molecule has 16 heavy (non-hydrogen) atoms. The van der Waals surface area contributed by atoms with Crippen molar-refractivity contribution in [1.29, 1.82) is 0 Å². The summed E-state index contributed by atoms with van der Waals surface area (Å²) in [5.74, 6) is 0. The molecule has 0 amide bonds. The molecular weight excluding hydrogens is 214 g/mol. The minimum atomic E-state index is 0.387. The molecule has 0 bridgehead atoms. The summed E-state index contributed by atoms with van der Waals surface area (Å²) in [6.07, 6.45) is 7.54. The van der Waals surface area contributed by atoms with Crippen molar-refractivity contribution < 1.29 is 0 Å². The van der Waals surface area contributed by atoms with E-state index in [1.165, 1.54) is 36.1 Å². The lowest BCUT2D eigenvalue weighted by Crippen LogP contribution is -2.38. The summed E-state index contributed by atoms with van der Waals surface area (Å²) in [5, 5.41) is 3.70. The highest BCUT2D eigenvalue weighted by Crippen LogP contribution is 2.29. The average molecular weight is 235 g/mol. The molecule has 0 heterocycles. The summed E-state index contributed by atoms with van der Waals surface area (Å²) in [7, 11) is 0. The zero-order chi connectivity index (χ0) is 11.4. The van der Waals surface area contributed by atoms with Crippen molar-refractivity contribution in [2.45, 2.75) is 49.6 Å². The number of rotatable bonds is 4. The molecule has 1 aliphatic carbocycles. The minimum absolute atomic E-state index is 0.387. The van der Waals surface area contributed by atoms with E-state index in [1.807, 2.05) is 0 Å². The molecule has 0 spiro atoms. The maximum Gasteiger partial charge on any atom is 0.0210 e. The summed E-state index contributed by atoms with van der Waals surface area (Å²) in [6, 6.07) is 8.88. The molecule has 0 atom stereocenters. The number of thioether (sulfide) groups is 1. The van der Waals surface area contributed by atoms with Crippen molar-refractivity contribution in [3.05, 3.63) is 29.8 Å². The molecule has 1 nitrogen and oxygen atoms in total. The zero-order valence-corrected chi connectivity index (χ0v) is 11.1. The van der Waals surface area contributed by atoms with Gasteiger partial charge < -0.3 is 5.32 Å². The fourth-order valence-corrected chi connectivity index (χ4v) is 2.80. The highest BCUT2D eigenvalue weighted by atomic mass is 32.2. The third-order valence-corrected chi connectivity index (χ3v) is 4.33. The van der Waals surface area contributed by atoms with E-state index in [9.17, 15) is 0 Å². The number of hydrogen-bond donors (Lipinski definition) is 1. The fraction of sp³-hybridized carbons (Fsp3) is 0.571. The molecule has 1 aliphatic rings. The summed E-state index contributed by atoms with van der Waals surface area (Å²) >= 11 is 1.80. The minimum Gasteiger partial charge on any atom is -0.307 e. The third kappa shape index (κ3) is 3.02. The quantitative estimate of drug-likeness (QED) is 0.796. The van der Waals surface area contributed by atoms with Gasteiger partial charge in [-0.3, -0.25) is 0 Å². The van der Waals surface area contributed by atoms with E-state index in [0.717, 1.165) is 6.54 Å². The van der Waals surface area contributed by atoms with Crippen LogP contribution in [0.15, 0.2) is 29.2 Å². The SMILES string of the molecule is CSc1ccc(CNC2(C)CCCC2)cc1. The molecular formula is C14H21NS. The zero-order valence-electron chi connectivity index (χ0n) is 10.3. The first-order chi connectivity index (χ1) is 7.72. The van der Waals surface area contributed by atoms with Crippen LogP contribution in [0.2, 0.25) is 0 Å². The van der Waals surface area contributed by atoms with E-state index in [-0.39, 0.29) is 0 Å². The molecule has 2 heteroatoms. The van der Waals surface area contributed by atoms with E-state index >= 15 is 0 Å². The van der Waals surface area contributed by atoms with Crippen LogP contribution in [0.25, 0.3) is 0 Å². The van der Waals surface area contributed by atoms with Crippen molar-refractivity contribution in [2.24, 2.45) is 0 Å². The van der Waals surface area contributed by atoms with Crippen LogP contribution < -0.4 is 5.32 Å². The predicted octanol–water partition coefficient (Wildman–Crippen LogP) is 3.83. The molecule has 0 aliphatic heterocycles. The number of nitrogens with one attached hydrogen (secondary N) is 1. The summed E-state index contributed by atoms with van der Waals surface area (Å²) < 4.78 is 0. The number of hydrogen-bond acceptors (Lipinski definition) is 2. The first kappa shape index (κ1) is 12.0. The van der Waals surface area contributed by atoms with Crippen LogP contribution in [-0.4, -0.2) is 11.8 Å². The topological polar surface area (TPSA) is 12.0 Å². The molecule has 1 N–H and O–H groups in total. The van der Waals surface area contributed by atoms with Gasteiger partial charge in [-0.15, -0.1) is 11.8 Å². The van der Waals surface area contributed by atoms with Gasteiger partial charge in [0.25, 0.3) is 0 Å². The van der Waals surface area contributed by atoms with E-state index in [2.05, 4.69) is 42.8 Å². The Bertz CT molecular complexity index is 325. The van der Waals surface area contributed by atoms with Crippen LogP contribution in [0, 0.1) is 0 Å². The van der Waals surface area contributed by atoms with Gasteiger partial charge in [0.1, 0.15) is 0 Å². The molecule has 88 valence electrons. The monoisotopic (exact) mass is 235 g/mol. The second-order valence-electron chi connectivity index (χ2n) is 4.97. The van der Waals surface area contributed by atoms with Gasteiger partial charge in [0.2, 0.25) is 0 Å². The second kappa shape index (κ2) is 5.24. The molecule has 0 aromatic heterocycles. The van der Waals surface area contributed by atoms with Gasteiger partial charge >= 0.3 is 0 Å². The molecule has 0 unspecified atom stereocenters. The molecule has 1 saturated carbocycles. The summed E-state index contributed by atoms with van der Waals surface area (Å²) in [6.45, 7) is 3.36. The predicted molar refractivity (Wildman–Crippen MR) is 71.9 cm³/mol. The van der Waals surface area contributed by atoms with Crippen molar-refractivity contribution in [1.82, 2.24) is 5.32 Å². The second-order valence-corrected chi connectivity index (χ2v) is 5.85. The standard InChI is InChI=1S/C14H21NS/c1-14(9-3-4-10-14)15-11-12-5-7-13(16-2)8-6-12/h5-8,15H,3-4,9-11H2,1-2H3. The van der Waals surface area contributed by atoms with Gasteiger partial charge in [0.05, 0.1) is 0 Å². The molecule has 1 aromatic rings. The summed E-state index contributed by atoms with van der Waals surface area (Å²) in [4.78, 5) is 1.34. The smallest absolute Gasteiger partial charge is 0.0210 e. The molecule has 1 fully saturated rings. The van der Waals surface area contributed by atoms with Crippen LogP contribution in [0.5, 0.6) is 0 Å². The van der Waals surface area contributed by atoms with Gasteiger partial charge in [0, 0.05) is 17.0 Å². The highest BCUT2D eigenvalue weighted by Gasteiger charge is 2.27. The molecule has 2 rings (SSSR count). The van der Waals surface area contributed by atoms with E-state index < -0.39 is 0 Å². The fourth-order valence-electron chi connectivity index (χ4n) is 2.39. The van der Waals surface area contributed by atoms with Gasteiger partial charge in [-0.05, 0) is 43.7 Å². The van der Waals surface area contributed by atoms with Crippen molar-refractivity contribution in [3.63, 3.8) is 0 Å². The Labute approximate surface area is 103 Å². The van der Waals surface area contributed by atoms with Gasteiger partial charge in [-0.2, -0.15) is 0 Å². The first-order valence-electron chi connectivity index (χ1n) is 6.10. The Kier molecular flexibility index (Phi) is 3.93. The average Bonchev–Trinajstić information content (AvgIpc) is 2.75. The Balaban J connectivity index is 1.89. The Hall–Kier alpha value is -0.470. The maximum absolute atomic E-state index is 3.70. The van der Waals surface area contributed by atoms with Crippen molar-refractivity contribution in [2.75, 3.05) is 6.26 Å². The molecule has 0 saturated heterocycles. The van der Waals surface area contributed by atoms with Gasteiger partial charge in [0.15, 0.2) is 0 Å². The molecule has 1 aromatic carbocycles. The first-order valence-corrected chi connectivity index (χ1v) is 7.32. The lowest BCUT2D eigenvalue weighted by Gasteiger charge is -2.25. The Morgan fingerprint density at radius 2 is 1.81 bits per heavy atom. The Morgan fingerprint density at radius 3 is 2.38 bits per heavy atom. The van der Waals surface area contributed by atoms with Crippen LogP contribution in [0.1, 0.15) is 38.2 Å². The van der Waals surface area contributed by atoms with Gasteiger partial charge in [-0.25, -0.2) is 0 Å². The van der Waals surface area contributed by atoms with Gasteiger partial charge in [-0.1, -0.05) is 25.0 Å². The largest absolute Gasteiger partial charge is 0.307 e. The van der Waals surface area contributed by atoms with Crippen molar-refractivity contribution in [3.8, 4) is 0 Å². The van der Waals surface area contributed by atoms with Crippen LogP contribution >= 0.6 is 11.8 Å². The lowest BCUT2D eigenvalue weighted by atomic mass is 10.0. The van der Waals surface area contributed by atoms with Crippen LogP contribution in [0.4, 0.5) is 0 Å². The summed E-state index contributed by atoms with van der Waals surface area (Å²) in [5.41, 5.74) is 1.78. The van der Waals surface area contributed by atoms with Crippen LogP contribution in [-0.2, 0) is 6.54 Å². The Morgan fingerprint density at radius 1 is 1.19 bits per heavy atom. The lowest BCUT2D eigenvalue weighted by molar-refractivity contribution is 0.362. The normalized spacial score (nSPS) is 18.9. The number of benzene rings is 1. The van der Waals surface area contributed by atoms with Crippen LogP contribution in [0.3, 0.4) is 0 Å². The third-order valence-electron chi connectivity index (χ3n) is 3.59. The highest BCUT2D eigenvalue weighted by molar-refractivity contribution is 7.98. The maximum atomic E-state index is 3.70. The molecule has 0 radical (unpaired) electrons. The van der Waals surface area contributed by atoms with E-state index in [0.29, 0.717) is 5.54 Å².